The van der Waals surface area contributed by atoms with E-state index in [0.717, 1.165) is 16.5 Å². The zero-order valence-corrected chi connectivity index (χ0v) is 13.1. The Morgan fingerprint density at radius 1 is 1.30 bits per heavy atom. The van der Waals surface area contributed by atoms with Gasteiger partial charge in [-0.05, 0) is 23.8 Å². The van der Waals surface area contributed by atoms with Crippen molar-refractivity contribution in [3.63, 3.8) is 0 Å². The molecule has 0 saturated heterocycles. The summed E-state index contributed by atoms with van der Waals surface area (Å²) in [5, 5.41) is 10.9. The lowest BCUT2D eigenvalue weighted by molar-refractivity contribution is 0.0588. The Labute approximate surface area is 137 Å². The molecular weight excluding hydrogens is 318 g/mol. The van der Waals surface area contributed by atoms with Crippen LogP contribution in [0.4, 0.5) is 0 Å². The van der Waals surface area contributed by atoms with E-state index in [0.29, 0.717) is 23.1 Å². The second kappa shape index (κ2) is 6.36. The minimum Gasteiger partial charge on any atom is -0.464 e. The molecule has 0 aliphatic rings. The molecule has 0 bridgehead atoms. The lowest BCUT2D eigenvalue weighted by Crippen LogP contribution is -2.14. The SMILES string of the molecule is COC(=O)c1cnc(CO)n1Cc1ccc2ncc(Cl)cc2c1. The second-order valence-electron chi connectivity index (χ2n) is 4.98. The first-order valence-electron chi connectivity index (χ1n) is 6.90. The van der Waals surface area contributed by atoms with E-state index in [2.05, 4.69) is 9.97 Å². The number of aliphatic hydroxyl groups is 1. The number of nitrogens with zero attached hydrogens (tertiary/aromatic N) is 3. The number of aromatic nitrogens is 3. The van der Waals surface area contributed by atoms with Crippen molar-refractivity contribution in [2.24, 2.45) is 0 Å². The van der Waals surface area contributed by atoms with Gasteiger partial charge in [-0.15, -0.1) is 0 Å². The molecule has 0 atom stereocenters. The number of esters is 1. The zero-order chi connectivity index (χ0) is 16.4. The molecule has 0 aliphatic heterocycles. The van der Waals surface area contributed by atoms with E-state index >= 15 is 0 Å². The summed E-state index contributed by atoms with van der Waals surface area (Å²) in [4.78, 5) is 20.1. The highest BCUT2D eigenvalue weighted by molar-refractivity contribution is 6.31. The number of aliphatic hydroxyl groups excluding tert-OH is 1. The number of pyridine rings is 1. The van der Waals surface area contributed by atoms with Gasteiger partial charge in [0, 0.05) is 18.1 Å². The van der Waals surface area contributed by atoms with Gasteiger partial charge < -0.3 is 14.4 Å². The smallest absolute Gasteiger partial charge is 0.356 e. The molecule has 0 unspecified atom stereocenters. The Hall–Kier alpha value is -2.44. The van der Waals surface area contributed by atoms with Crippen LogP contribution in [0, 0.1) is 0 Å². The van der Waals surface area contributed by atoms with Crippen LogP contribution in [0.3, 0.4) is 0 Å². The summed E-state index contributed by atoms with van der Waals surface area (Å²) < 4.78 is 6.38. The van der Waals surface area contributed by atoms with Crippen LogP contribution in [0.1, 0.15) is 21.9 Å². The van der Waals surface area contributed by atoms with E-state index in [1.807, 2.05) is 24.3 Å². The molecular formula is C16H14ClN3O3. The average molecular weight is 332 g/mol. The third-order valence-corrected chi connectivity index (χ3v) is 3.73. The number of benzene rings is 1. The predicted octanol–water partition coefficient (Wildman–Crippen LogP) is 2.41. The average Bonchev–Trinajstić information content (AvgIpc) is 2.96. The van der Waals surface area contributed by atoms with Gasteiger partial charge in [0.15, 0.2) is 0 Å². The molecule has 0 radical (unpaired) electrons. The molecule has 118 valence electrons. The molecule has 0 amide bonds. The minimum atomic E-state index is -0.497. The van der Waals surface area contributed by atoms with Crippen LogP contribution in [0.2, 0.25) is 5.02 Å². The second-order valence-corrected chi connectivity index (χ2v) is 5.41. The quantitative estimate of drug-likeness (QED) is 0.743. The normalized spacial score (nSPS) is 10.9. The van der Waals surface area contributed by atoms with Crippen molar-refractivity contribution in [1.29, 1.82) is 0 Å². The number of carbonyl (C=O) groups is 1. The van der Waals surface area contributed by atoms with Crippen molar-refractivity contribution in [3.8, 4) is 0 Å². The fourth-order valence-electron chi connectivity index (χ4n) is 2.42. The van der Waals surface area contributed by atoms with Crippen LogP contribution in [-0.2, 0) is 17.9 Å². The molecule has 3 rings (SSSR count). The van der Waals surface area contributed by atoms with E-state index < -0.39 is 5.97 Å². The summed E-state index contributed by atoms with van der Waals surface area (Å²) in [6.07, 6.45) is 3.00. The van der Waals surface area contributed by atoms with Crippen LogP contribution in [0.15, 0.2) is 36.7 Å². The highest BCUT2D eigenvalue weighted by atomic mass is 35.5. The third-order valence-electron chi connectivity index (χ3n) is 3.53. The first-order valence-corrected chi connectivity index (χ1v) is 7.28. The number of carbonyl (C=O) groups excluding carboxylic acids is 1. The van der Waals surface area contributed by atoms with Gasteiger partial charge in [-0.1, -0.05) is 17.7 Å². The van der Waals surface area contributed by atoms with Crippen LogP contribution < -0.4 is 0 Å². The van der Waals surface area contributed by atoms with E-state index in [9.17, 15) is 9.90 Å². The Bertz CT molecular complexity index is 876. The zero-order valence-electron chi connectivity index (χ0n) is 12.4. The van der Waals surface area contributed by atoms with Crippen LogP contribution in [0.25, 0.3) is 10.9 Å². The van der Waals surface area contributed by atoms with E-state index in [-0.39, 0.29) is 6.61 Å². The topological polar surface area (TPSA) is 77.2 Å². The molecule has 23 heavy (non-hydrogen) atoms. The molecule has 2 aromatic heterocycles. The third kappa shape index (κ3) is 3.04. The van der Waals surface area contributed by atoms with Crippen LogP contribution >= 0.6 is 11.6 Å². The summed E-state index contributed by atoms with van der Waals surface area (Å²) in [6, 6.07) is 7.56. The van der Waals surface area contributed by atoms with Crippen LogP contribution in [-0.4, -0.2) is 32.7 Å². The van der Waals surface area contributed by atoms with Gasteiger partial charge in [0.2, 0.25) is 0 Å². The highest BCUT2D eigenvalue weighted by Gasteiger charge is 2.17. The van der Waals surface area contributed by atoms with Crippen molar-refractivity contribution in [2.75, 3.05) is 7.11 Å². The standard InChI is InChI=1S/C16H14ClN3O3/c1-23-16(22)14-7-19-15(9-21)20(14)8-10-2-3-13-11(4-10)5-12(17)6-18-13/h2-7,21H,8-9H2,1H3. The van der Waals surface area contributed by atoms with E-state index in [1.165, 1.54) is 13.3 Å². The maximum absolute atomic E-state index is 11.8. The maximum atomic E-state index is 11.8. The highest BCUT2D eigenvalue weighted by Crippen LogP contribution is 2.20. The number of methoxy groups -OCH3 is 1. The van der Waals surface area contributed by atoms with Gasteiger partial charge in [0.1, 0.15) is 18.1 Å². The number of imidazole rings is 1. The van der Waals surface area contributed by atoms with E-state index in [1.54, 1.807) is 10.8 Å². The van der Waals surface area contributed by atoms with Gasteiger partial charge in [-0.25, -0.2) is 9.78 Å². The Kier molecular flexibility index (Phi) is 4.27. The summed E-state index contributed by atoms with van der Waals surface area (Å²) in [5.41, 5.74) is 2.06. The summed E-state index contributed by atoms with van der Waals surface area (Å²) >= 11 is 5.98. The Morgan fingerprint density at radius 3 is 2.87 bits per heavy atom. The summed E-state index contributed by atoms with van der Waals surface area (Å²) in [7, 11) is 1.31. The predicted molar refractivity (Wildman–Crippen MR) is 85.3 cm³/mol. The van der Waals surface area contributed by atoms with Crippen molar-refractivity contribution in [1.82, 2.24) is 14.5 Å². The maximum Gasteiger partial charge on any atom is 0.356 e. The number of fused-ring (bicyclic) bond motifs is 1. The number of ether oxygens (including phenoxy) is 1. The number of hydrogen-bond donors (Lipinski definition) is 1. The molecule has 1 aromatic carbocycles. The van der Waals surface area contributed by atoms with Gasteiger partial charge >= 0.3 is 5.97 Å². The lowest BCUT2D eigenvalue weighted by atomic mass is 10.1. The van der Waals surface area contributed by atoms with Crippen molar-refractivity contribution in [2.45, 2.75) is 13.2 Å². The molecule has 0 aliphatic carbocycles. The lowest BCUT2D eigenvalue weighted by Gasteiger charge is -2.10. The first kappa shape index (κ1) is 15.5. The van der Waals surface area contributed by atoms with Crippen molar-refractivity contribution >= 4 is 28.5 Å². The molecule has 0 spiro atoms. The first-order chi connectivity index (χ1) is 11.1. The summed E-state index contributed by atoms with van der Waals surface area (Å²) in [5.74, 6) is -0.0996. The molecule has 1 N–H and O–H groups in total. The monoisotopic (exact) mass is 331 g/mol. The Morgan fingerprint density at radius 2 is 2.13 bits per heavy atom. The fourth-order valence-corrected chi connectivity index (χ4v) is 2.59. The molecule has 6 nitrogen and oxygen atoms in total. The van der Waals surface area contributed by atoms with Gasteiger partial charge in [0.25, 0.3) is 0 Å². The van der Waals surface area contributed by atoms with Crippen molar-refractivity contribution in [3.05, 3.63) is 58.8 Å². The summed E-state index contributed by atoms with van der Waals surface area (Å²) in [6.45, 7) is 0.112. The van der Waals surface area contributed by atoms with Gasteiger partial charge in [-0.3, -0.25) is 4.98 Å². The largest absolute Gasteiger partial charge is 0.464 e. The van der Waals surface area contributed by atoms with Crippen molar-refractivity contribution < 1.29 is 14.6 Å². The molecule has 0 saturated carbocycles. The fraction of sp³-hybridized carbons (Fsp3) is 0.188. The molecule has 0 fully saturated rings. The number of halogens is 1. The minimum absolute atomic E-state index is 0.266. The van der Waals surface area contributed by atoms with Gasteiger partial charge in [-0.2, -0.15) is 0 Å². The van der Waals surface area contributed by atoms with Gasteiger partial charge in [0.05, 0.1) is 23.8 Å². The van der Waals surface area contributed by atoms with Crippen LogP contribution in [0.5, 0.6) is 0 Å². The molecule has 3 aromatic rings. The number of hydrogen-bond acceptors (Lipinski definition) is 5. The Balaban J connectivity index is 2.01. The van der Waals surface area contributed by atoms with E-state index in [4.69, 9.17) is 16.3 Å². The molecule has 2 heterocycles. The molecule has 7 heteroatoms. The number of rotatable bonds is 4.